The van der Waals surface area contributed by atoms with Gasteiger partial charge in [0.2, 0.25) is 0 Å². The number of hydrogen-bond donors (Lipinski definition) is 4. The van der Waals surface area contributed by atoms with Crippen LogP contribution in [0.3, 0.4) is 0 Å². The van der Waals surface area contributed by atoms with Crippen LogP contribution < -0.4 is 0 Å². The van der Waals surface area contributed by atoms with Crippen LogP contribution in [0.1, 0.15) is 198 Å². The summed E-state index contributed by atoms with van der Waals surface area (Å²) in [5.74, 6) is 3.20. The highest BCUT2D eigenvalue weighted by Crippen LogP contribution is 2.48. The fraction of sp³-hybridized carbons (Fsp3) is 0.476. The predicted octanol–water partition coefficient (Wildman–Crippen LogP) is 10.3. The van der Waals surface area contributed by atoms with Gasteiger partial charge in [-0.25, -0.2) is 49.8 Å². The van der Waals surface area contributed by atoms with Gasteiger partial charge in [0.25, 0.3) is 0 Å². The summed E-state index contributed by atoms with van der Waals surface area (Å²) < 4.78 is 8.97. The summed E-state index contributed by atoms with van der Waals surface area (Å²) in [6.45, 7) is 24.4. The first-order chi connectivity index (χ1) is 51.9. The van der Waals surface area contributed by atoms with Crippen LogP contribution >= 0.6 is 0 Å². The van der Waals surface area contributed by atoms with Crippen LogP contribution in [-0.2, 0) is 63.1 Å². The lowest BCUT2D eigenvalue weighted by Crippen LogP contribution is -2.33. The maximum absolute atomic E-state index is 11.3. The molecule has 25 nitrogen and oxygen atoms in total. The third-order valence-electron chi connectivity index (χ3n) is 24.1. The van der Waals surface area contributed by atoms with E-state index in [0.29, 0.717) is 61.7 Å². The fourth-order valence-corrected chi connectivity index (χ4v) is 19.0. The molecule has 4 saturated heterocycles. The topological polar surface area (TPSA) is 281 Å². The van der Waals surface area contributed by atoms with Crippen LogP contribution in [0.25, 0.3) is 44.1 Å². The SMILES string of the molecule is Cc1ccc(C(C)(O)Cn2c3c(c4nc(C)ncc42)C2CCCN2CC3)cn1.Cc1ncc2c(n1)c1c(n2CC(C)(O)c2cccnc2)CCN2CCCC12.Cc1ncc2c(n1)c1c(n2CC(O)c2ccccn2)CCN2CCCC12.Cc1ncc2c(n1)c1c(n2CC(O)c2ccncn2)CCN2CCCC12. The Labute approximate surface area is 623 Å². The highest BCUT2D eigenvalue weighted by molar-refractivity contribution is 5.85. The van der Waals surface area contributed by atoms with Crippen molar-refractivity contribution < 1.29 is 20.4 Å². The van der Waals surface area contributed by atoms with E-state index in [0.717, 1.165) is 136 Å². The van der Waals surface area contributed by atoms with Gasteiger partial charge < -0.3 is 38.7 Å². The summed E-state index contributed by atoms with van der Waals surface area (Å²) in [6, 6.07) is 17.0. The Bertz CT molecular complexity index is 5080. The molecule has 20 rings (SSSR count). The molecular weight excluding hydrogens is 1340 g/mol. The van der Waals surface area contributed by atoms with Gasteiger partial charge in [0, 0.05) is 169 Å². The second-order valence-electron chi connectivity index (χ2n) is 31.1. The van der Waals surface area contributed by atoms with Gasteiger partial charge in [-0.2, -0.15) is 0 Å². The van der Waals surface area contributed by atoms with E-state index in [1.54, 1.807) is 37.1 Å². The number of aliphatic hydroxyl groups excluding tert-OH is 2. The second-order valence-corrected chi connectivity index (χ2v) is 31.1. The van der Waals surface area contributed by atoms with Crippen molar-refractivity contribution in [3.8, 4) is 0 Å². The number of pyridine rings is 3. The molecule has 107 heavy (non-hydrogen) atoms. The van der Waals surface area contributed by atoms with Crippen molar-refractivity contribution in [2.24, 2.45) is 0 Å². The average molecular weight is 1440 g/mol. The molecular formula is C82H97N21O4. The molecule has 0 aromatic carbocycles. The van der Waals surface area contributed by atoms with E-state index in [1.165, 1.54) is 129 Å². The molecule has 4 N–H and O–H groups in total. The number of fused-ring (bicyclic) bond motifs is 20. The molecule has 8 aliphatic heterocycles. The molecule has 12 aromatic heterocycles. The number of aliphatic hydroxyl groups is 4. The molecule has 12 aromatic rings. The lowest BCUT2D eigenvalue weighted by atomic mass is 9.96. The largest absolute Gasteiger partial charge is 0.385 e. The van der Waals surface area contributed by atoms with Crippen LogP contribution in [0.2, 0.25) is 0 Å². The quantitative estimate of drug-likeness (QED) is 0.0884. The second kappa shape index (κ2) is 29.0. The summed E-state index contributed by atoms with van der Waals surface area (Å²) in [5, 5.41) is 44.1. The fourth-order valence-electron chi connectivity index (χ4n) is 19.0. The minimum Gasteiger partial charge on any atom is -0.385 e. The molecule has 0 bridgehead atoms. The third kappa shape index (κ3) is 13.4. The van der Waals surface area contributed by atoms with Crippen LogP contribution in [0, 0.1) is 34.6 Å². The summed E-state index contributed by atoms with van der Waals surface area (Å²) >= 11 is 0. The molecule has 8 aliphatic rings. The van der Waals surface area contributed by atoms with Gasteiger partial charge in [-0.15, -0.1) is 0 Å². The number of hydrogen-bond acceptors (Lipinski definition) is 21. The normalized spacial score (nSPS) is 21.3. The van der Waals surface area contributed by atoms with Gasteiger partial charge in [0.15, 0.2) is 0 Å². The zero-order valence-corrected chi connectivity index (χ0v) is 62.5. The van der Waals surface area contributed by atoms with E-state index in [4.69, 9.17) is 19.9 Å². The Morgan fingerprint density at radius 3 is 1.16 bits per heavy atom. The molecule has 0 spiro atoms. The minimum atomic E-state index is -1.02. The number of nitrogens with zero attached hydrogens (tertiary/aromatic N) is 21. The lowest BCUT2D eigenvalue weighted by Gasteiger charge is -2.32. The van der Waals surface area contributed by atoms with Gasteiger partial charge in [0.05, 0.1) is 106 Å². The van der Waals surface area contributed by atoms with Gasteiger partial charge in [-0.3, -0.25) is 34.6 Å². The van der Waals surface area contributed by atoms with Crippen molar-refractivity contribution in [1.82, 2.24) is 103 Å². The summed E-state index contributed by atoms with van der Waals surface area (Å²) in [4.78, 5) is 68.4. The highest BCUT2D eigenvalue weighted by atomic mass is 16.3. The summed E-state index contributed by atoms with van der Waals surface area (Å²) in [6.07, 6.45) is 30.2. The molecule has 554 valence electrons. The van der Waals surface area contributed by atoms with Gasteiger partial charge in [0.1, 0.15) is 53.0 Å². The smallest absolute Gasteiger partial charge is 0.126 e. The first kappa shape index (κ1) is 70.7. The van der Waals surface area contributed by atoms with Crippen molar-refractivity contribution in [3.05, 3.63) is 207 Å². The third-order valence-corrected chi connectivity index (χ3v) is 24.1. The average Bonchev–Trinajstić information content (AvgIpc) is 1.66. The van der Waals surface area contributed by atoms with E-state index in [-0.39, 0.29) is 0 Å². The van der Waals surface area contributed by atoms with Crippen molar-refractivity contribution in [3.63, 3.8) is 0 Å². The van der Waals surface area contributed by atoms with Crippen LogP contribution in [-0.4, -0.2) is 175 Å². The van der Waals surface area contributed by atoms with Crippen LogP contribution in [0.5, 0.6) is 0 Å². The molecule has 4 fully saturated rings. The number of aromatic nitrogens is 17. The monoisotopic (exact) mass is 1440 g/mol. The molecule has 0 aliphatic carbocycles. The maximum Gasteiger partial charge on any atom is 0.126 e. The Morgan fingerprint density at radius 2 is 0.794 bits per heavy atom. The zero-order valence-electron chi connectivity index (χ0n) is 62.5. The van der Waals surface area contributed by atoms with Crippen LogP contribution in [0.15, 0.2) is 111 Å². The van der Waals surface area contributed by atoms with E-state index < -0.39 is 23.4 Å². The molecule has 0 radical (unpaired) electrons. The molecule has 0 amide bonds. The standard InChI is InChI=1S/C22H27N5O.C21H25N5O.C20H23N5O.C19H22N6O/c1-14-6-7-16(11-23-14)22(3,28)13-27-18-8-10-26-9-4-5-17(26)20(18)21-19(27)12-24-15(2)25-21;1-14-23-12-18-20(24-14)19-16-6-4-9-25(16)10-7-17(19)26(18)13-21(2,27)15-5-3-8-22-11-15;1-13-22-11-17-20(23-13)19-15-6-4-9-24(15)10-7-16(19)25(17)12-18(26)14-5-2-3-8-21-14;1-12-21-9-16-19(23-12)18-14-3-2-7-24(14)8-5-15(18)25(16)10-17(26)13-4-6-20-11-22-13/h6-7,11-12,17,28H,4-5,8-10,13H2,1-3H3;3,5,8,11-12,16,27H,4,6-7,9-10,13H2,1-2H3;2-3,5,8,11,15,18,26H,4,6-7,9-10,12H2,1H3;4,6,9,11,14,17,26H,2-3,5,7-8,10H2,1H3. The Hall–Kier alpha value is -9.31. The summed E-state index contributed by atoms with van der Waals surface area (Å²) in [7, 11) is 0. The van der Waals surface area contributed by atoms with Crippen LogP contribution in [0.4, 0.5) is 0 Å². The number of aryl methyl sites for hydroxylation is 5. The predicted molar refractivity (Wildman–Crippen MR) is 407 cm³/mol. The van der Waals surface area contributed by atoms with E-state index in [9.17, 15) is 20.4 Å². The Kier molecular flexibility index (Phi) is 19.2. The molecule has 20 heterocycles. The molecule has 25 heteroatoms. The zero-order chi connectivity index (χ0) is 73.4. The number of rotatable bonds is 12. The van der Waals surface area contributed by atoms with E-state index >= 15 is 0 Å². The van der Waals surface area contributed by atoms with Crippen molar-refractivity contribution >= 4 is 44.1 Å². The van der Waals surface area contributed by atoms with Gasteiger partial charge in [-0.1, -0.05) is 18.2 Å². The lowest BCUT2D eigenvalue weighted by molar-refractivity contribution is 0.0376. The highest BCUT2D eigenvalue weighted by Gasteiger charge is 2.42. The Balaban J connectivity index is 0.000000105. The molecule has 8 atom stereocenters. The molecule has 0 saturated carbocycles. The van der Waals surface area contributed by atoms with Crippen molar-refractivity contribution in [1.29, 1.82) is 0 Å². The summed E-state index contributed by atoms with van der Waals surface area (Å²) in [5.41, 5.74) is 21.0. The van der Waals surface area contributed by atoms with E-state index in [1.807, 2.05) is 116 Å². The Morgan fingerprint density at radius 1 is 0.393 bits per heavy atom. The van der Waals surface area contributed by atoms with Gasteiger partial charge >= 0.3 is 0 Å². The van der Waals surface area contributed by atoms with Crippen molar-refractivity contribution in [2.45, 2.75) is 199 Å². The first-order valence-electron chi connectivity index (χ1n) is 38.6. The maximum atomic E-state index is 11.3. The molecule has 8 unspecified atom stereocenters. The van der Waals surface area contributed by atoms with E-state index in [2.05, 4.69) is 82.7 Å². The first-order valence-corrected chi connectivity index (χ1v) is 38.6. The van der Waals surface area contributed by atoms with Gasteiger partial charge in [-0.05, 0) is 156 Å². The minimum absolute atomic E-state index is 0.452. The van der Waals surface area contributed by atoms with Crippen molar-refractivity contribution in [2.75, 3.05) is 52.4 Å².